The molecule has 3 amide bonds. The first-order valence-electron chi connectivity index (χ1n) is 10.7. The molecule has 0 aliphatic heterocycles. The molecule has 3 rings (SSSR count). The highest BCUT2D eigenvalue weighted by atomic mass is 32.2. The standard InChI is InChI=1S/C24H23F3N4O3S/c1-3-15-5-9-17(10-6-15)28-22(33)30-20(32)14-35-23-29-19(24(25,26)27)13-21(31-23)34-18-11-7-16(4-2)8-12-18/h5-13H,3-4,14H2,1-2H3,(H2,28,30,32,33). The number of rotatable bonds is 8. The smallest absolute Gasteiger partial charge is 0.433 e. The lowest BCUT2D eigenvalue weighted by atomic mass is 10.1. The van der Waals surface area contributed by atoms with E-state index < -0.39 is 23.8 Å². The van der Waals surface area contributed by atoms with Crippen LogP contribution in [0.2, 0.25) is 0 Å². The molecule has 0 radical (unpaired) electrons. The fraction of sp³-hybridized carbons (Fsp3) is 0.250. The van der Waals surface area contributed by atoms with Crippen molar-refractivity contribution in [1.29, 1.82) is 0 Å². The molecular weight excluding hydrogens is 481 g/mol. The first kappa shape index (κ1) is 26.0. The van der Waals surface area contributed by atoms with Crippen molar-refractivity contribution in [1.82, 2.24) is 15.3 Å². The Morgan fingerprint density at radius 1 is 0.943 bits per heavy atom. The second-order valence-corrected chi connectivity index (χ2v) is 8.26. The van der Waals surface area contributed by atoms with Gasteiger partial charge in [0.25, 0.3) is 0 Å². The summed E-state index contributed by atoms with van der Waals surface area (Å²) in [7, 11) is 0. The van der Waals surface area contributed by atoms with Gasteiger partial charge in [-0.25, -0.2) is 9.78 Å². The number of amides is 3. The van der Waals surface area contributed by atoms with Gasteiger partial charge in [0.2, 0.25) is 11.8 Å². The minimum atomic E-state index is -4.74. The van der Waals surface area contributed by atoms with Crippen molar-refractivity contribution >= 4 is 29.4 Å². The van der Waals surface area contributed by atoms with Gasteiger partial charge in [-0.15, -0.1) is 0 Å². The van der Waals surface area contributed by atoms with E-state index in [1.165, 1.54) is 0 Å². The highest BCUT2D eigenvalue weighted by Gasteiger charge is 2.34. The van der Waals surface area contributed by atoms with Gasteiger partial charge >= 0.3 is 12.2 Å². The molecule has 7 nitrogen and oxygen atoms in total. The van der Waals surface area contributed by atoms with E-state index in [-0.39, 0.29) is 16.8 Å². The van der Waals surface area contributed by atoms with Crippen LogP contribution in [0, 0.1) is 0 Å². The average Bonchev–Trinajstić information content (AvgIpc) is 2.83. The summed E-state index contributed by atoms with van der Waals surface area (Å²) >= 11 is 0.649. The molecule has 2 aromatic carbocycles. The molecule has 0 saturated heterocycles. The molecule has 1 heterocycles. The molecule has 0 unspecified atom stereocenters. The number of benzene rings is 2. The van der Waals surface area contributed by atoms with E-state index in [4.69, 9.17) is 4.74 Å². The fourth-order valence-corrected chi connectivity index (χ4v) is 3.51. The molecule has 0 bridgehead atoms. The molecule has 0 aliphatic rings. The summed E-state index contributed by atoms with van der Waals surface area (Å²) in [6.45, 7) is 3.97. The van der Waals surface area contributed by atoms with Gasteiger partial charge in [0, 0.05) is 11.8 Å². The van der Waals surface area contributed by atoms with Crippen LogP contribution in [0.4, 0.5) is 23.7 Å². The summed E-state index contributed by atoms with van der Waals surface area (Å²) in [5, 5.41) is 4.32. The van der Waals surface area contributed by atoms with Gasteiger partial charge in [-0.2, -0.15) is 18.2 Å². The monoisotopic (exact) mass is 504 g/mol. The van der Waals surface area contributed by atoms with Gasteiger partial charge in [0.15, 0.2) is 10.9 Å². The zero-order chi connectivity index (χ0) is 25.4. The van der Waals surface area contributed by atoms with Crippen LogP contribution in [0.1, 0.15) is 30.7 Å². The van der Waals surface area contributed by atoms with Crippen LogP contribution >= 0.6 is 11.8 Å². The minimum Gasteiger partial charge on any atom is -0.439 e. The quantitative estimate of drug-likeness (QED) is 0.295. The Morgan fingerprint density at radius 3 is 2.11 bits per heavy atom. The van der Waals surface area contributed by atoms with Crippen LogP contribution in [-0.2, 0) is 23.8 Å². The van der Waals surface area contributed by atoms with Gasteiger partial charge in [0.05, 0.1) is 5.75 Å². The zero-order valence-electron chi connectivity index (χ0n) is 19.0. The number of anilines is 1. The molecule has 1 aromatic heterocycles. The summed E-state index contributed by atoms with van der Waals surface area (Å²) in [5.41, 5.74) is 1.42. The van der Waals surface area contributed by atoms with Crippen molar-refractivity contribution in [2.75, 3.05) is 11.1 Å². The van der Waals surface area contributed by atoms with E-state index in [1.807, 2.05) is 26.0 Å². The zero-order valence-corrected chi connectivity index (χ0v) is 19.8. The summed E-state index contributed by atoms with van der Waals surface area (Å²) < 4.78 is 45.5. The number of hydrogen-bond acceptors (Lipinski definition) is 6. The Balaban J connectivity index is 1.63. The van der Waals surface area contributed by atoms with Gasteiger partial charge in [0.1, 0.15) is 5.75 Å². The van der Waals surface area contributed by atoms with Crippen molar-refractivity contribution < 1.29 is 27.5 Å². The average molecular weight is 505 g/mol. The Kier molecular flexibility index (Phi) is 8.69. The molecule has 35 heavy (non-hydrogen) atoms. The molecule has 0 spiro atoms. The number of carbonyl (C=O) groups excluding carboxylic acids is 2. The first-order valence-corrected chi connectivity index (χ1v) is 11.7. The predicted octanol–water partition coefficient (Wildman–Crippen LogP) is 5.85. The molecule has 184 valence electrons. The van der Waals surface area contributed by atoms with E-state index in [9.17, 15) is 22.8 Å². The summed E-state index contributed by atoms with van der Waals surface area (Å²) in [5.74, 6) is -1.11. The minimum absolute atomic E-state index is 0.311. The molecule has 0 saturated carbocycles. The fourth-order valence-electron chi connectivity index (χ4n) is 2.86. The number of hydrogen-bond donors (Lipinski definition) is 2. The number of thioether (sulfide) groups is 1. The van der Waals surface area contributed by atoms with Crippen molar-refractivity contribution in [3.63, 3.8) is 0 Å². The van der Waals surface area contributed by atoms with E-state index >= 15 is 0 Å². The van der Waals surface area contributed by atoms with Gasteiger partial charge in [-0.3, -0.25) is 10.1 Å². The van der Waals surface area contributed by atoms with E-state index in [0.29, 0.717) is 29.3 Å². The number of nitrogens with zero attached hydrogens (tertiary/aromatic N) is 2. The number of nitrogens with one attached hydrogen (secondary N) is 2. The lowest BCUT2D eigenvalue weighted by Crippen LogP contribution is -2.35. The Bertz CT molecular complexity index is 1170. The number of imide groups is 1. The third kappa shape index (κ3) is 7.99. The Labute approximate surface area is 204 Å². The second kappa shape index (κ2) is 11.7. The largest absolute Gasteiger partial charge is 0.439 e. The normalized spacial score (nSPS) is 11.1. The van der Waals surface area contributed by atoms with Crippen molar-refractivity contribution in [3.8, 4) is 11.6 Å². The number of aryl methyl sites for hydroxylation is 2. The van der Waals surface area contributed by atoms with Crippen LogP contribution in [0.25, 0.3) is 0 Å². The van der Waals surface area contributed by atoms with E-state index in [0.717, 1.165) is 24.0 Å². The predicted molar refractivity (Wildman–Crippen MR) is 127 cm³/mol. The summed E-state index contributed by atoms with van der Waals surface area (Å²) in [6.07, 6.45) is -3.09. The third-order valence-electron chi connectivity index (χ3n) is 4.73. The molecular formula is C24H23F3N4O3S. The highest BCUT2D eigenvalue weighted by molar-refractivity contribution is 7.99. The second-order valence-electron chi connectivity index (χ2n) is 7.31. The number of carbonyl (C=O) groups is 2. The highest BCUT2D eigenvalue weighted by Crippen LogP contribution is 2.32. The van der Waals surface area contributed by atoms with Crippen LogP contribution < -0.4 is 15.4 Å². The SMILES string of the molecule is CCc1ccc(NC(=O)NC(=O)CSc2nc(Oc3ccc(CC)cc3)cc(C(F)(F)F)n2)cc1. The van der Waals surface area contributed by atoms with E-state index in [1.54, 1.807) is 36.4 Å². The lowest BCUT2D eigenvalue weighted by Gasteiger charge is -2.11. The van der Waals surface area contributed by atoms with Crippen LogP contribution in [0.3, 0.4) is 0 Å². The van der Waals surface area contributed by atoms with Crippen molar-refractivity contribution in [2.45, 2.75) is 38.0 Å². The molecule has 2 N–H and O–H groups in total. The number of ether oxygens (including phenoxy) is 1. The molecule has 0 fully saturated rings. The molecule has 3 aromatic rings. The summed E-state index contributed by atoms with van der Waals surface area (Å²) in [4.78, 5) is 31.6. The Morgan fingerprint density at radius 2 is 1.54 bits per heavy atom. The maximum Gasteiger partial charge on any atom is 0.433 e. The van der Waals surface area contributed by atoms with Crippen LogP contribution in [-0.4, -0.2) is 27.7 Å². The molecule has 11 heteroatoms. The number of alkyl halides is 3. The van der Waals surface area contributed by atoms with Crippen LogP contribution in [0.15, 0.2) is 59.8 Å². The van der Waals surface area contributed by atoms with Crippen molar-refractivity contribution in [3.05, 3.63) is 71.4 Å². The third-order valence-corrected chi connectivity index (χ3v) is 5.58. The topological polar surface area (TPSA) is 93.2 Å². The van der Waals surface area contributed by atoms with Gasteiger partial charge in [-0.05, 0) is 48.2 Å². The number of urea groups is 1. The number of aromatic nitrogens is 2. The van der Waals surface area contributed by atoms with Crippen molar-refractivity contribution in [2.24, 2.45) is 0 Å². The van der Waals surface area contributed by atoms with E-state index in [2.05, 4.69) is 20.6 Å². The molecule has 0 aliphatic carbocycles. The summed E-state index contributed by atoms with van der Waals surface area (Å²) in [6, 6.07) is 13.9. The first-order chi connectivity index (χ1) is 16.7. The number of halogens is 3. The lowest BCUT2D eigenvalue weighted by molar-refractivity contribution is -0.141. The van der Waals surface area contributed by atoms with Gasteiger partial charge in [-0.1, -0.05) is 49.9 Å². The maximum absolute atomic E-state index is 13.3. The Hall–Kier alpha value is -3.60. The maximum atomic E-state index is 13.3. The van der Waals surface area contributed by atoms with Gasteiger partial charge < -0.3 is 10.1 Å². The molecule has 0 atom stereocenters. The van der Waals surface area contributed by atoms with Crippen LogP contribution in [0.5, 0.6) is 11.6 Å².